The molecule has 0 aliphatic rings. The zero-order chi connectivity index (χ0) is 15.3. The molecule has 0 amide bonds. The fraction of sp³-hybridized carbons (Fsp3) is 0.231. The molecule has 0 aliphatic carbocycles. The van der Waals surface area contributed by atoms with Crippen molar-refractivity contribution in [2.75, 3.05) is 12.8 Å². The molecular weight excluding hydrogens is 313 g/mol. The van der Waals surface area contributed by atoms with Gasteiger partial charge in [-0.05, 0) is 13.0 Å². The van der Waals surface area contributed by atoms with Crippen LogP contribution in [0.2, 0.25) is 10.0 Å². The van der Waals surface area contributed by atoms with E-state index in [0.717, 1.165) is 11.3 Å². The van der Waals surface area contributed by atoms with Crippen LogP contribution < -0.4 is 10.5 Å². The molecule has 3 rings (SSSR count). The monoisotopic (exact) mass is 325 g/mol. The molecule has 0 fully saturated rings. The summed E-state index contributed by atoms with van der Waals surface area (Å²) in [5.41, 5.74) is 8.83. The minimum atomic E-state index is 0.431. The van der Waals surface area contributed by atoms with Gasteiger partial charge in [0.15, 0.2) is 5.65 Å². The average molecular weight is 326 g/mol. The average Bonchev–Trinajstić information content (AvgIpc) is 2.87. The number of hydrogen-bond donors (Lipinski definition) is 1. The van der Waals surface area contributed by atoms with E-state index in [-0.39, 0.29) is 0 Å². The fourth-order valence-electron chi connectivity index (χ4n) is 2.42. The molecule has 3 heterocycles. The van der Waals surface area contributed by atoms with Gasteiger partial charge in [0.05, 0.1) is 28.4 Å². The molecule has 8 heteroatoms. The molecule has 110 valence electrons. The van der Waals surface area contributed by atoms with E-state index < -0.39 is 0 Å². The Morgan fingerprint density at radius 3 is 2.71 bits per heavy atom. The van der Waals surface area contributed by atoms with Crippen LogP contribution in [0, 0.1) is 6.92 Å². The first-order chi connectivity index (χ1) is 9.93. The van der Waals surface area contributed by atoms with Crippen LogP contribution in [0.25, 0.3) is 16.9 Å². The second kappa shape index (κ2) is 4.82. The highest BCUT2D eigenvalue weighted by Gasteiger charge is 2.23. The number of ether oxygens (including phenoxy) is 1. The summed E-state index contributed by atoms with van der Waals surface area (Å²) in [6.07, 6.45) is 1.67. The van der Waals surface area contributed by atoms with Gasteiger partial charge >= 0.3 is 0 Å². The molecule has 0 radical (unpaired) electrons. The van der Waals surface area contributed by atoms with Gasteiger partial charge in [-0.15, -0.1) is 0 Å². The quantitative estimate of drug-likeness (QED) is 0.786. The van der Waals surface area contributed by atoms with Crippen molar-refractivity contribution in [3.8, 4) is 17.1 Å². The lowest BCUT2D eigenvalue weighted by atomic mass is 10.2. The van der Waals surface area contributed by atoms with Crippen molar-refractivity contribution >= 4 is 34.7 Å². The van der Waals surface area contributed by atoms with Crippen molar-refractivity contribution in [3.63, 3.8) is 0 Å². The second-order valence-electron chi connectivity index (χ2n) is 4.64. The summed E-state index contributed by atoms with van der Waals surface area (Å²) in [4.78, 5) is 4.52. The third-order valence-corrected chi connectivity index (χ3v) is 3.76. The fourth-order valence-corrected chi connectivity index (χ4v) is 2.93. The first-order valence-electron chi connectivity index (χ1n) is 6.14. The van der Waals surface area contributed by atoms with Crippen molar-refractivity contribution < 1.29 is 4.74 Å². The number of aryl methyl sites for hydroxylation is 2. The first-order valence-corrected chi connectivity index (χ1v) is 6.90. The molecule has 2 N–H and O–H groups in total. The van der Waals surface area contributed by atoms with Gasteiger partial charge in [-0.25, -0.2) is 9.67 Å². The Bertz CT molecular complexity index is 852. The van der Waals surface area contributed by atoms with Crippen LogP contribution in [0.5, 0.6) is 5.88 Å². The van der Waals surface area contributed by atoms with Crippen molar-refractivity contribution in [1.29, 1.82) is 0 Å². The van der Waals surface area contributed by atoms with Gasteiger partial charge in [-0.1, -0.05) is 23.2 Å². The summed E-state index contributed by atoms with van der Waals surface area (Å²) in [5, 5.41) is 5.25. The number of aromatic nitrogens is 4. The number of methoxy groups -OCH3 is 1. The standard InChI is InChI=1S/C13H13Cl2N5O/c1-6-9(13(21-3)19(2)18-6)10-11(16)20-5-7(14)4-8(15)12(20)17-10/h4-5H,16H2,1-3H3. The molecule has 0 bridgehead atoms. The third-order valence-electron chi connectivity index (χ3n) is 3.28. The number of pyridine rings is 1. The normalized spacial score (nSPS) is 11.3. The number of halogens is 2. The van der Waals surface area contributed by atoms with Crippen LogP contribution in [0.15, 0.2) is 12.3 Å². The zero-order valence-electron chi connectivity index (χ0n) is 11.7. The van der Waals surface area contributed by atoms with E-state index in [1.807, 2.05) is 6.92 Å². The summed E-state index contributed by atoms with van der Waals surface area (Å²) < 4.78 is 8.69. The number of nitrogen functional groups attached to an aromatic ring is 1. The lowest BCUT2D eigenvalue weighted by Gasteiger charge is -2.03. The smallest absolute Gasteiger partial charge is 0.221 e. The van der Waals surface area contributed by atoms with Gasteiger partial charge in [-0.2, -0.15) is 5.10 Å². The van der Waals surface area contributed by atoms with Gasteiger partial charge < -0.3 is 10.5 Å². The Morgan fingerprint density at radius 1 is 1.33 bits per heavy atom. The van der Waals surface area contributed by atoms with E-state index in [1.54, 1.807) is 35.5 Å². The SMILES string of the molecule is COc1c(-c2nc3c(Cl)cc(Cl)cn3c2N)c(C)nn1C. The number of nitrogens with zero attached hydrogens (tertiary/aromatic N) is 4. The molecule has 0 aliphatic heterocycles. The summed E-state index contributed by atoms with van der Waals surface area (Å²) >= 11 is 12.2. The molecule has 0 aromatic carbocycles. The third kappa shape index (κ3) is 2.02. The van der Waals surface area contributed by atoms with Gasteiger partial charge in [0.25, 0.3) is 0 Å². The summed E-state index contributed by atoms with van der Waals surface area (Å²) in [6, 6.07) is 1.63. The number of hydrogen-bond acceptors (Lipinski definition) is 4. The van der Waals surface area contributed by atoms with Crippen LogP contribution in [0.3, 0.4) is 0 Å². The van der Waals surface area contributed by atoms with E-state index in [0.29, 0.717) is 33.1 Å². The summed E-state index contributed by atoms with van der Waals surface area (Å²) in [6.45, 7) is 1.87. The van der Waals surface area contributed by atoms with E-state index in [1.165, 1.54) is 0 Å². The molecule has 6 nitrogen and oxygen atoms in total. The maximum Gasteiger partial charge on any atom is 0.221 e. The van der Waals surface area contributed by atoms with Crippen molar-refractivity contribution in [3.05, 3.63) is 28.0 Å². The minimum Gasteiger partial charge on any atom is -0.481 e. The van der Waals surface area contributed by atoms with Gasteiger partial charge in [0.2, 0.25) is 5.88 Å². The molecule has 0 atom stereocenters. The van der Waals surface area contributed by atoms with Gasteiger partial charge in [0.1, 0.15) is 11.5 Å². The topological polar surface area (TPSA) is 70.4 Å². The van der Waals surface area contributed by atoms with Gasteiger partial charge in [-0.3, -0.25) is 4.40 Å². The Hall–Kier alpha value is -1.92. The number of anilines is 1. The van der Waals surface area contributed by atoms with Crippen LogP contribution in [-0.4, -0.2) is 26.3 Å². The lowest BCUT2D eigenvalue weighted by molar-refractivity contribution is 0.374. The molecule has 3 aromatic heterocycles. The predicted molar refractivity (Wildman–Crippen MR) is 83.1 cm³/mol. The van der Waals surface area contributed by atoms with E-state index >= 15 is 0 Å². The Labute approximate surface area is 131 Å². The van der Waals surface area contributed by atoms with Crippen LogP contribution >= 0.6 is 23.2 Å². The van der Waals surface area contributed by atoms with Crippen LogP contribution in [0.4, 0.5) is 5.82 Å². The largest absolute Gasteiger partial charge is 0.481 e. The molecular formula is C13H13Cl2N5O. The van der Waals surface area contributed by atoms with Gasteiger partial charge in [0, 0.05) is 13.2 Å². The van der Waals surface area contributed by atoms with E-state index in [9.17, 15) is 0 Å². The Balaban J connectivity index is 2.37. The van der Waals surface area contributed by atoms with E-state index in [4.69, 9.17) is 33.7 Å². The number of imidazole rings is 1. The maximum absolute atomic E-state index is 6.20. The molecule has 0 saturated carbocycles. The molecule has 0 spiro atoms. The number of rotatable bonds is 2. The van der Waals surface area contributed by atoms with E-state index in [2.05, 4.69) is 10.1 Å². The zero-order valence-corrected chi connectivity index (χ0v) is 13.2. The second-order valence-corrected chi connectivity index (χ2v) is 5.48. The number of fused-ring (bicyclic) bond motifs is 1. The van der Waals surface area contributed by atoms with Crippen molar-refractivity contribution in [2.45, 2.75) is 6.92 Å². The first kappa shape index (κ1) is 14.0. The minimum absolute atomic E-state index is 0.431. The molecule has 21 heavy (non-hydrogen) atoms. The number of nitrogens with two attached hydrogens (primary N) is 1. The Morgan fingerprint density at radius 2 is 2.05 bits per heavy atom. The van der Waals surface area contributed by atoms with Crippen LogP contribution in [-0.2, 0) is 7.05 Å². The molecule has 3 aromatic rings. The molecule has 0 unspecified atom stereocenters. The van der Waals surface area contributed by atoms with Crippen molar-refractivity contribution in [1.82, 2.24) is 19.2 Å². The van der Waals surface area contributed by atoms with Crippen molar-refractivity contribution in [2.24, 2.45) is 7.05 Å². The lowest BCUT2D eigenvalue weighted by Crippen LogP contribution is -1.97. The summed E-state index contributed by atoms with van der Waals surface area (Å²) in [5.74, 6) is 1.02. The highest BCUT2D eigenvalue weighted by atomic mass is 35.5. The highest BCUT2D eigenvalue weighted by molar-refractivity contribution is 6.36. The highest BCUT2D eigenvalue weighted by Crippen LogP contribution is 2.37. The van der Waals surface area contributed by atoms with Crippen LogP contribution in [0.1, 0.15) is 5.69 Å². The Kier molecular flexibility index (Phi) is 3.22. The maximum atomic E-state index is 6.20. The molecule has 0 saturated heterocycles. The predicted octanol–water partition coefficient (Wildman–Crippen LogP) is 2.94. The summed E-state index contributed by atoms with van der Waals surface area (Å²) in [7, 11) is 3.38.